The molecule has 0 spiro atoms. The Balaban J connectivity index is 5.00. The minimum absolute atomic E-state index is 0.158. The molecule has 0 fully saturated rings. The van der Waals surface area contributed by atoms with Gasteiger partial charge in [0.2, 0.25) is 0 Å². The summed E-state index contributed by atoms with van der Waals surface area (Å²) in [7, 11) is 0. The molecule has 7 heteroatoms. The number of hydrogen-bond acceptors (Lipinski definition) is 3. The molecule has 0 radical (unpaired) electrons. The molecule has 0 aromatic carbocycles. The summed E-state index contributed by atoms with van der Waals surface area (Å²) in [6, 6.07) is 0. The molecule has 0 saturated heterocycles. The first-order valence-electron chi connectivity index (χ1n) is 11.5. The summed E-state index contributed by atoms with van der Waals surface area (Å²) in [5.74, 6) is -2.36. The Bertz CT molecular complexity index is 463. The minimum Gasteiger partial charge on any atom is -0.481 e. The highest BCUT2D eigenvalue weighted by Gasteiger charge is 2.25. The Hall–Kier alpha value is -1.89. The summed E-state index contributed by atoms with van der Waals surface area (Å²) < 4.78 is 0.781. The van der Waals surface area contributed by atoms with E-state index in [4.69, 9.17) is 15.3 Å². The molecule has 3 N–H and O–H groups in total. The molecule has 0 unspecified atom stereocenters. The van der Waals surface area contributed by atoms with Crippen molar-refractivity contribution in [1.29, 1.82) is 0 Å². The largest absolute Gasteiger partial charge is 0.481 e. The van der Waals surface area contributed by atoms with Gasteiger partial charge in [0.25, 0.3) is 0 Å². The van der Waals surface area contributed by atoms with Crippen LogP contribution in [0.3, 0.4) is 0 Å². The zero-order valence-corrected chi connectivity index (χ0v) is 18.7. The first kappa shape index (κ1) is 28.1. The van der Waals surface area contributed by atoms with Crippen molar-refractivity contribution in [3.8, 4) is 0 Å². The van der Waals surface area contributed by atoms with E-state index in [0.29, 0.717) is 19.3 Å². The van der Waals surface area contributed by atoms with Crippen LogP contribution in [0.5, 0.6) is 0 Å². The van der Waals surface area contributed by atoms with Gasteiger partial charge in [0.05, 0.1) is 26.2 Å². The molecule has 0 aromatic rings. The maximum atomic E-state index is 10.8. The fraction of sp³-hybridized carbons (Fsp3) is 0.783. The number of allylic oxidation sites excluding steroid dienone is 1. The van der Waals surface area contributed by atoms with Gasteiger partial charge in [-0.3, -0.25) is 14.4 Å². The fourth-order valence-corrected chi connectivity index (χ4v) is 3.71. The van der Waals surface area contributed by atoms with Crippen LogP contribution in [-0.2, 0) is 14.4 Å². The number of unbranched alkanes of at least 4 members (excludes halogenated alkanes) is 6. The highest BCUT2D eigenvalue weighted by atomic mass is 16.4. The number of hydrogen-bond donors (Lipinski definition) is 3. The lowest BCUT2D eigenvalue weighted by atomic mass is 10.1. The van der Waals surface area contributed by atoms with E-state index in [1.54, 1.807) is 0 Å². The summed E-state index contributed by atoms with van der Waals surface area (Å²) in [6.45, 7) is 5.53. The molecule has 30 heavy (non-hydrogen) atoms. The Labute approximate surface area is 181 Å². The Morgan fingerprint density at radius 2 is 1.07 bits per heavy atom. The number of quaternary nitrogens is 1. The van der Waals surface area contributed by atoms with Gasteiger partial charge in [0.15, 0.2) is 0 Å². The molecule has 174 valence electrons. The molecule has 0 rings (SSSR count). The van der Waals surface area contributed by atoms with Crippen LogP contribution in [0.25, 0.3) is 0 Å². The van der Waals surface area contributed by atoms with Crippen LogP contribution in [0.2, 0.25) is 0 Å². The SMILES string of the molecule is CCCCC/C=C/C[N+](CCCCC(=O)O)(CCCCC(=O)O)CCCCC(=O)O. The van der Waals surface area contributed by atoms with E-state index in [1.807, 2.05) is 0 Å². The van der Waals surface area contributed by atoms with Gasteiger partial charge in [-0.2, -0.15) is 0 Å². The lowest BCUT2D eigenvalue weighted by Gasteiger charge is -2.38. The lowest BCUT2D eigenvalue weighted by molar-refractivity contribution is -0.923. The number of rotatable bonds is 21. The van der Waals surface area contributed by atoms with Gasteiger partial charge < -0.3 is 19.8 Å². The molecule has 0 aromatic heterocycles. The molecule has 0 aliphatic carbocycles. The van der Waals surface area contributed by atoms with Gasteiger partial charge >= 0.3 is 17.9 Å². The summed E-state index contributed by atoms with van der Waals surface area (Å²) in [5.41, 5.74) is 0. The van der Waals surface area contributed by atoms with E-state index in [9.17, 15) is 14.4 Å². The second-order valence-corrected chi connectivity index (χ2v) is 8.21. The van der Waals surface area contributed by atoms with Gasteiger partial charge in [-0.05, 0) is 57.4 Å². The van der Waals surface area contributed by atoms with Crippen LogP contribution in [0.1, 0.15) is 90.4 Å². The molecule has 7 nitrogen and oxygen atoms in total. The van der Waals surface area contributed by atoms with Crippen molar-refractivity contribution >= 4 is 17.9 Å². The summed E-state index contributed by atoms with van der Waals surface area (Å²) >= 11 is 0. The molecular formula is C23H42NO6+. The maximum Gasteiger partial charge on any atom is 0.303 e. The smallest absolute Gasteiger partial charge is 0.303 e. The third kappa shape index (κ3) is 17.0. The molecule has 0 aliphatic rings. The highest BCUT2D eigenvalue weighted by molar-refractivity contribution is 5.67. The maximum absolute atomic E-state index is 10.8. The third-order valence-corrected chi connectivity index (χ3v) is 5.45. The molecule has 0 saturated carbocycles. The van der Waals surface area contributed by atoms with E-state index >= 15 is 0 Å². The van der Waals surface area contributed by atoms with Crippen molar-refractivity contribution < 1.29 is 34.2 Å². The Morgan fingerprint density at radius 1 is 0.633 bits per heavy atom. The molecule has 0 aliphatic heterocycles. The quantitative estimate of drug-likeness (QED) is 0.139. The monoisotopic (exact) mass is 428 g/mol. The lowest BCUT2D eigenvalue weighted by Crippen LogP contribution is -2.50. The van der Waals surface area contributed by atoms with Gasteiger partial charge in [0, 0.05) is 19.3 Å². The second kappa shape index (κ2) is 17.9. The van der Waals surface area contributed by atoms with E-state index in [1.165, 1.54) is 19.3 Å². The van der Waals surface area contributed by atoms with Crippen molar-refractivity contribution in [2.45, 2.75) is 90.4 Å². The zero-order valence-electron chi connectivity index (χ0n) is 18.7. The normalized spacial score (nSPS) is 11.8. The predicted molar refractivity (Wildman–Crippen MR) is 117 cm³/mol. The average molecular weight is 429 g/mol. The minimum atomic E-state index is -0.785. The van der Waals surface area contributed by atoms with Crippen LogP contribution >= 0.6 is 0 Å². The van der Waals surface area contributed by atoms with Crippen LogP contribution in [0.4, 0.5) is 0 Å². The Kier molecular flexibility index (Phi) is 16.8. The van der Waals surface area contributed by atoms with Crippen molar-refractivity contribution in [3.05, 3.63) is 12.2 Å². The van der Waals surface area contributed by atoms with Gasteiger partial charge in [-0.1, -0.05) is 25.8 Å². The molecule has 0 bridgehead atoms. The third-order valence-electron chi connectivity index (χ3n) is 5.45. The molecular weight excluding hydrogens is 386 g/mol. The van der Waals surface area contributed by atoms with E-state index in [-0.39, 0.29) is 19.3 Å². The van der Waals surface area contributed by atoms with Crippen LogP contribution < -0.4 is 0 Å². The van der Waals surface area contributed by atoms with Crippen molar-refractivity contribution in [3.63, 3.8) is 0 Å². The standard InChI is InChI=1S/C23H41NO6/c1-2-3-4-5-6-10-17-24(18-11-7-14-21(25)26,19-12-8-15-22(27)28)20-13-9-16-23(29)30/h6,10H,2-5,7-9,11-20H2,1H3,(H2-,25,26,27,28,29,30)/p+1/b10-6+. The van der Waals surface area contributed by atoms with E-state index in [0.717, 1.165) is 56.3 Å². The summed E-state index contributed by atoms with van der Waals surface area (Å²) in [4.78, 5) is 32.5. The van der Waals surface area contributed by atoms with Gasteiger partial charge in [0.1, 0.15) is 0 Å². The number of nitrogens with zero attached hydrogens (tertiary/aromatic N) is 1. The predicted octanol–water partition coefficient (Wildman–Crippen LogP) is 4.70. The number of aliphatic carboxylic acids is 3. The first-order valence-corrected chi connectivity index (χ1v) is 11.5. The van der Waals surface area contributed by atoms with Gasteiger partial charge in [-0.15, -0.1) is 0 Å². The zero-order chi connectivity index (χ0) is 22.7. The van der Waals surface area contributed by atoms with E-state index < -0.39 is 17.9 Å². The van der Waals surface area contributed by atoms with Crippen LogP contribution in [0, 0.1) is 0 Å². The molecule has 0 amide bonds. The van der Waals surface area contributed by atoms with Crippen molar-refractivity contribution in [1.82, 2.24) is 0 Å². The number of carboxylic acid groups (broad SMARTS) is 3. The average Bonchev–Trinajstić information content (AvgIpc) is 2.68. The van der Waals surface area contributed by atoms with E-state index in [2.05, 4.69) is 19.1 Å². The first-order chi connectivity index (χ1) is 14.3. The summed E-state index contributed by atoms with van der Waals surface area (Å²) in [5, 5.41) is 26.7. The second-order valence-electron chi connectivity index (χ2n) is 8.21. The fourth-order valence-electron chi connectivity index (χ4n) is 3.71. The van der Waals surface area contributed by atoms with Crippen molar-refractivity contribution in [2.24, 2.45) is 0 Å². The van der Waals surface area contributed by atoms with Crippen LogP contribution in [0.15, 0.2) is 12.2 Å². The topological polar surface area (TPSA) is 112 Å². The van der Waals surface area contributed by atoms with Gasteiger partial charge in [-0.25, -0.2) is 0 Å². The number of carbonyl (C=O) groups is 3. The number of carboxylic acids is 3. The molecule has 0 heterocycles. The van der Waals surface area contributed by atoms with Crippen LogP contribution in [-0.4, -0.2) is 63.9 Å². The highest BCUT2D eigenvalue weighted by Crippen LogP contribution is 2.17. The Morgan fingerprint density at radius 3 is 1.43 bits per heavy atom. The van der Waals surface area contributed by atoms with Crippen molar-refractivity contribution in [2.75, 3.05) is 26.2 Å². The summed E-state index contributed by atoms with van der Waals surface area (Å²) in [6.07, 6.45) is 13.8. The molecule has 0 atom stereocenters.